The SMILES string of the molecule is Cc1cc2ncn(CCCCOc3ccc([N+](=O)[O-])c(C)c3)c2cc1C. The van der Waals surface area contributed by atoms with Crippen LogP contribution < -0.4 is 4.74 Å². The number of imidazole rings is 1. The van der Waals surface area contributed by atoms with E-state index < -0.39 is 0 Å². The summed E-state index contributed by atoms with van der Waals surface area (Å²) in [6, 6.07) is 9.17. The third-order valence-corrected chi connectivity index (χ3v) is 4.66. The molecule has 0 radical (unpaired) electrons. The van der Waals surface area contributed by atoms with E-state index in [0.717, 1.165) is 24.9 Å². The molecule has 0 amide bonds. The van der Waals surface area contributed by atoms with Crippen molar-refractivity contribution in [2.24, 2.45) is 0 Å². The molecular weight excluding hydrogens is 330 g/mol. The average molecular weight is 353 g/mol. The minimum Gasteiger partial charge on any atom is -0.494 e. The number of hydrogen-bond donors (Lipinski definition) is 0. The van der Waals surface area contributed by atoms with Crippen molar-refractivity contribution in [3.05, 3.63) is 63.5 Å². The predicted molar refractivity (Wildman–Crippen MR) is 102 cm³/mol. The average Bonchev–Trinajstić information content (AvgIpc) is 2.96. The lowest BCUT2D eigenvalue weighted by Gasteiger charge is -2.08. The van der Waals surface area contributed by atoms with Crippen molar-refractivity contribution in [1.29, 1.82) is 0 Å². The topological polar surface area (TPSA) is 70.2 Å². The van der Waals surface area contributed by atoms with Gasteiger partial charge in [-0.3, -0.25) is 10.1 Å². The Morgan fingerprint density at radius 3 is 2.58 bits per heavy atom. The maximum Gasteiger partial charge on any atom is 0.272 e. The molecule has 2 aromatic carbocycles. The van der Waals surface area contributed by atoms with Crippen molar-refractivity contribution in [1.82, 2.24) is 9.55 Å². The van der Waals surface area contributed by atoms with E-state index in [1.807, 2.05) is 6.33 Å². The van der Waals surface area contributed by atoms with Gasteiger partial charge < -0.3 is 9.30 Å². The molecule has 0 fully saturated rings. The standard InChI is InChI=1S/C20H23N3O3/c1-14-11-18-20(12-15(14)2)22(13-21-18)8-4-5-9-26-17-6-7-19(23(24)25)16(3)10-17/h6-7,10-13H,4-5,8-9H2,1-3H3. The first-order chi connectivity index (χ1) is 12.5. The molecule has 0 atom stereocenters. The highest BCUT2D eigenvalue weighted by Gasteiger charge is 2.10. The van der Waals surface area contributed by atoms with Crippen molar-refractivity contribution >= 4 is 16.7 Å². The number of benzene rings is 2. The third kappa shape index (κ3) is 3.85. The molecule has 0 unspecified atom stereocenters. The van der Waals surface area contributed by atoms with Crippen LogP contribution in [0, 0.1) is 30.9 Å². The Bertz CT molecular complexity index is 947. The quantitative estimate of drug-likeness (QED) is 0.350. The fourth-order valence-electron chi connectivity index (χ4n) is 2.99. The van der Waals surface area contributed by atoms with Crippen molar-refractivity contribution in [3.8, 4) is 5.75 Å². The highest BCUT2D eigenvalue weighted by Crippen LogP contribution is 2.23. The van der Waals surface area contributed by atoms with Gasteiger partial charge in [0.2, 0.25) is 0 Å². The zero-order chi connectivity index (χ0) is 18.7. The van der Waals surface area contributed by atoms with E-state index in [9.17, 15) is 10.1 Å². The monoisotopic (exact) mass is 353 g/mol. The van der Waals surface area contributed by atoms with Gasteiger partial charge in [-0.15, -0.1) is 0 Å². The number of rotatable bonds is 7. The zero-order valence-corrected chi connectivity index (χ0v) is 15.4. The summed E-state index contributed by atoms with van der Waals surface area (Å²) in [5.41, 5.74) is 5.47. The van der Waals surface area contributed by atoms with Gasteiger partial charge in [0.15, 0.2) is 0 Å². The Morgan fingerprint density at radius 2 is 1.85 bits per heavy atom. The number of aryl methyl sites for hydroxylation is 4. The smallest absolute Gasteiger partial charge is 0.272 e. The Labute approximate surface area is 152 Å². The summed E-state index contributed by atoms with van der Waals surface area (Å²) >= 11 is 0. The lowest BCUT2D eigenvalue weighted by molar-refractivity contribution is -0.385. The number of nitro benzene ring substituents is 1. The highest BCUT2D eigenvalue weighted by molar-refractivity contribution is 5.77. The Hall–Kier alpha value is -2.89. The summed E-state index contributed by atoms with van der Waals surface area (Å²) < 4.78 is 7.89. The lowest BCUT2D eigenvalue weighted by Crippen LogP contribution is -2.02. The van der Waals surface area contributed by atoms with Crippen LogP contribution in [0.5, 0.6) is 5.75 Å². The Kier molecular flexibility index (Phi) is 5.21. The van der Waals surface area contributed by atoms with Gasteiger partial charge in [0.25, 0.3) is 5.69 Å². The summed E-state index contributed by atoms with van der Waals surface area (Å²) in [5.74, 6) is 0.673. The van der Waals surface area contributed by atoms with Crippen molar-refractivity contribution in [3.63, 3.8) is 0 Å². The van der Waals surface area contributed by atoms with Crippen LogP contribution in [-0.2, 0) is 6.54 Å². The second kappa shape index (κ2) is 7.56. The molecule has 0 bridgehead atoms. The van der Waals surface area contributed by atoms with Crippen molar-refractivity contribution in [2.75, 3.05) is 6.61 Å². The van der Waals surface area contributed by atoms with Crippen LogP contribution >= 0.6 is 0 Å². The number of fused-ring (bicyclic) bond motifs is 1. The minimum atomic E-state index is -0.377. The molecule has 3 rings (SSSR count). The van der Waals surface area contributed by atoms with Gasteiger partial charge in [-0.1, -0.05) is 0 Å². The van der Waals surface area contributed by atoms with Gasteiger partial charge in [-0.25, -0.2) is 4.98 Å². The van der Waals surface area contributed by atoms with Crippen LogP contribution in [0.1, 0.15) is 29.5 Å². The second-order valence-electron chi connectivity index (χ2n) is 6.62. The van der Waals surface area contributed by atoms with E-state index >= 15 is 0 Å². The molecule has 0 N–H and O–H groups in total. The number of nitrogens with zero attached hydrogens (tertiary/aromatic N) is 3. The van der Waals surface area contributed by atoms with Gasteiger partial charge in [0.05, 0.1) is 28.9 Å². The normalized spacial score (nSPS) is 11.0. The van der Waals surface area contributed by atoms with Crippen LogP contribution in [0.2, 0.25) is 0 Å². The van der Waals surface area contributed by atoms with Crippen LogP contribution in [0.4, 0.5) is 5.69 Å². The fourth-order valence-corrected chi connectivity index (χ4v) is 2.99. The lowest BCUT2D eigenvalue weighted by atomic mass is 10.1. The molecule has 0 aliphatic carbocycles. The van der Waals surface area contributed by atoms with Crippen LogP contribution in [0.15, 0.2) is 36.7 Å². The molecule has 1 heterocycles. The van der Waals surface area contributed by atoms with Gasteiger partial charge in [0, 0.05) is 18.2 Å². The van der Waals surface area contributed by atoms with Crippen LogP contribution in [0.3, 0.4) is 0 Å². The minimum absolute atomic E-state index is 0.120. The number of nitro groups is 1. The molecule has 6 heteroatoms. The summed E-state index contributed by atoms with van der Waals surface area (Å²) in [7, 11) is 0. The van der Waals surface area contributed by atoms with E-state index in [-0.39, 0.29) is 10.6 Å². The van der Waals surface area contributed by atoms with Crippen molar-refractivity contribution in [2.45, 2.75) is 40.2 Å². The van der Waals surface area contributed by atoms with Gasteiger partial charge in [0.1, 0.15) is 5.75 Å². The largest absolute Gasteiger partial charge is 0.494 e. The maximum absolute atomic E-state index is 10.8. The summed E-state index contributed by atoms with van der Waals surface area (Å²) in [5, 5.41) is 10.8. The molecule has 1 aromatic heterocycles. The van der Waals surface area contributed by atoms with Gasteiger partial charge in [-0.2, -0.15) is 0 Å². The summed E-state index contributed by atoms with van der Waals surface area (Å²) in [6.07, 6.45) is 3.77. The zero-order valence-electron chi connectivity index (χ0n) is 15.4. The molecule has 3 aromatic rings. The van der Waals surface area contributed by atoms with Crippen molar-refractivity contribution < 1.29 is 9.66 Å². The summed E-state index contributed by atoms with van der Waals surface area (Å²) in [6.45, 7) is 7.42. The second-order valence-corrected chi connectivity index (χ2v) is 6.62. The number of ether oxygens (including phenoxy) is 1. The van der Waals surface area contributed by atoms with Crippen LogP contribution in [-0.4, -0.2) is 21.1 Å². The Morgan fingerprint density at radius 1 is 1.08 bits per heavy atom. The molecule has 6 nitrogen and oxygen atoms in total. The number of unbranched alkanes of at least 4 members (excludes halogenated alkanes) is 1. The van der Waals surface area contributed by atoms with E-state index in [4.69, 9.17) is 4.74 Å². The van der Waals surface area contributed by atoms with E-state index in [1.54, 1.807) is 19.1 Å². The first kappa shape index (κ1) is 17.9. The Balaban J connectivity index is 1.51. The summed E-state index contributed by atoms with van der Waals surface area (Å²) in [4.78, 5) is 14.9. The maximum atomic E-state index is 10.8. The number of aromatic nitrogens is 2. The molecule has 0 spiro atoms. The number of hydrogen-bond acceptors (Lipinski definition) is 4. The van der Waals surface area contributed by atoms with E-state index in [2.05, 4.69) is 35.5 Å². The molecular formula is C20H23N3O3. The molecule has 0 aliphatic heterocycles. The molecule has 0 saturated carbocycles. The molecule has 0 saturated heterocycles. The van der Waals surface area contributed by atoms with Gasteiger partial charge >= 0.3 is 0 Å². The van der Waals surface area contributed by atoms with Gasteiger partial charge in [-0.05, 0) is 69.0 Å². The molecule has 136 valence electrons. The highest BCUT2D eigenvalue weighted by atomic mass is 16.6. The van der Waals surface area contributed by atoms with E-state index in [0.29, 0.717) is 17.9 Å². The molecule has 26 heavy (non-hydrogen) atoms. The third-order valence-electron chi connectivity index (χ3n) is 4.66. The predicted octanol–water partition coefficient (Wildman–Crippen LogP) is 4.73. The fraction of sp³-hybridized carbons (Fsp3) is 0.350. The van der Waals surface area contributed by atoms with Crippen LogP contribution in [0.25, 0.3) is 11.0 Å². The first-order valence-electron chi connectivity index (χ1n) is 8.75. The first-order valence-corrected chi connectivity index (χ1v) is 8.75. The van der Waals surface area contributed by atoms with E-state index in [1.165, 1.54) is 22.7 Å². The molecule has 0 aliphatic rings.